The topological polar surface area (TPSA) is 59.2 Å². The number of aryl methyl sites for hydroxylation is 1. The molecule has 0 aliphatic carbocycles. The molecule has 1 heterocycles. The maximum atomic E-state index is 9.37. The normalized spacial score (nSPS) is 11.0. The molecule has 90 valence electrons. The smallest absolute Gasteiger partial charge is 0.258 e. The predicted molar refractivity (Wildman–Crippen MR) is 64.6 cm³/mol. The summed E-state index contributed by atoms with van der Waals surface area (Å²) in [5.74, 6) is 2.00. The Kier molecular flexibility index (Phi) is 3.42. The van der Waals surface area contributed by atoms with Crippen molar-refractivity contribution in [3.8, 4) is 17.2 Å². The lowest BCUT2D eigenvalue weighted by Gasteiger charge is -1.98. The highest BCUT2D eigenvalue weighted by atomic mass is 16.5. The van der Waals surface area contributed by atoms with Crippen LogP contribution < -0.4 is 0 Å². The first kappa shape index (κ1) is 11.6. The Morgan fingerprint density at radius 1 is 1.35 bits per heavy atom. The van der Waals surface area contributed by atoms with Crippen LogP contribution in [0.15, 0.2) is 28.8 Å². The fraction of sp³-hybridized carbons (Fsp3) is 0.385. The second kappa shape index (κ2) is 4.99. The minimum Gasteiger partial charge on any atom is -0.508 e. The summed E-state index contributed by atoms with van der Waals surface area (Å²) in [7, 11) is 0. The first-order valence-corrected chi connectivity index (χ1v) is 5.77. The summed E-state index contributed by atoms with van der Waals surface area (Å²) in [6.45, 7) is 4.33. The summed E-state index contributed by atoms with van der Waals surface area (Å²) in [6.07, 6.45) is 1.86. The van der Waals surface area contributed by atoms with Crippen LogP contribution in [0, 0.1) is 5.92 Å². The SMILES string of the molecule is CC(C)CCc1noc(-c2cccc(O)c2)n1. The molecule has 1 aromatic carbocycles. The Morgan fingerprint density at radius 2 is 2.18 bits per heavy atom. The predicted octanol–water partition coefficient (Wildman–Crippen LogP) is 3.03. The molecule has 0 spiro atoms. The zero-order valence-electron chi connectivity index (χ0n) is 10.1. The highest BCUT2D eigenvalue weighted by Gasteiger charge is 2.09. The van der Waals surface area contributed by atoms with Crippen LogP contribution in [0.2, 0.25) is 0 Å². The largest absolute Gasteiger partial charge is 0.508 e. The lowest BCUT2D eigenvalue weighted by molar-refractivity contribution is 0.418. The second-order valence-electron chi connectivity index (χ2n) is 4.50. The van der Waals surface area contributed by atoms with E-state index in [4.69, 9.17) is 4.52 Å². The summed E-state index contributed by atoms with van der Waals surface area (Å²) in [5.41, 5.74) is 0.744. The Labute approximate surface area is 100 Å². The Hall–Kier alpha value is -1.84. The van der Waals surface area contributed by atoms with Crippen molar-refractivity contribution in [2.24, 2.45) is 5.92 Å². The third-order valence-corrected chi connectivity index (χ3v) is 2.51. The van der Waals surface area contributed by atoms with Crippen molar-refractivity contribution in [3.05, 3.63) is 30.1 Å². The third kappa shape index (κ3) is 3.06. The first-order valence-electron chi connectivity index (χ1n) is 5.77. The Balaban J connectivity index is 2.12. The minimum absolute atomic E-state index is 0.199. The van der Waals surface area contributed by atoms with Gasteiger partial charge in [-0.05, 0) is 30.5 Å². The van der Waals surface area contributed by atoms with Gasteiger partial charge in [0.2, 0.25) is 0 Å². The van der Waals surface area contributed by atoms with Crippen molar-refractivity contribution in [3.63, 3.8) is 0 Å². The van der Waals surface area contributed by atoms with Gasteiger partial charge in [0, 0.05) is 12.0 Å². The summed E-state index contributed by atoms with van der Waals surface area (Å²) in [6, 6.07) is 6.81. The van der Waals surface area contributed by atoms with E-state index in [1.807, 2.05) is 6.07 Å². The molecule has 4 heteroatoms. The molecule has 0 saturated heterocycles. The van der Waals surface area contributed by atoms with Crippen molar-refractivity contribution in [1.29, 1.82) is 0 Å². The highest BCUT2D eigenvalue weighted by molar-refractivity contribution is 5.55. The average molecular weight is 232 g/mol. The van der Waals surface area contributed by atoms with Crippen LogP contribution in [0.1, 0.15) is 26.1 Å². The zero-order chi connectivity index (χ0) is 12.3. The van der Waals surface area contributed by atoms with Crippen LogP contribution in [-0.2, 0) is 6.42 Å². The average Bonchev–Trinajstić information content (AvgIpc) is 2.75. The van der Waals surface area contributed by atoms with Crippen LogP contribution in [0.25, 0.3) is 11.5 Å². The number of aromatic nitrogens is 2. The quantitative estimate of drug-likeness (QED) is 0.880. The van der Waals surface area contributed by atoms with Gasteiger partial charge < -0.3 is 9.63 Å². The van der Waals surface area contributed by atoms with E-state index in [0.717, 1.165) is 24.2 Å². The molecule has 1 N–H and O–H groups in total. The molecule has 17 heavy (non-hydrogen) atoms. The monoisotopic (exact) mass is 232 g/mol. The van der Waals surface area contributed by atoms with Crippen LogP contribution in [0.3, 0.4) is 0 Å². The Morgan fingerprint density at radius 3 is 2.88 bits per heavy atom. The number of phenolic OH excluding ortho intramolecular Hbond substituents is 1. The van der Waals surface area contributed by atoms with Gasteiger partial charge in [-0.1, -0.05) is 25.1 Å². The molecular weight excluding hydrogens is 216 g/mol. The van der Waals surface area contributed by atoms with E-state index in [1.165, 1.54) is 0 Å². The lowest BCUT2D eigenvalue weighted by Crippen LogP contribution is -1.93. The number of phenols is 1. The van der Waals surface area contributed by atoms with Gasteiger partial charge in [-0.15, -0.1) is 0 Å². The van der Waals surface area contributed by atoms with Crippen LogP contribution in [0.4, 0.5) is 0 Å². The number of hydrogen-bond donors (Lipinski definition) is 1. The second-order valence-corrected chi connectivity index (χ2v) is 4.50. The Bertz CT molecular complexity index is 492. The fourth-order valence-corrected chi connectivity index (χ4v) is 1.53. The third-order valence-electron chi connectivity index (χ3n) is 2.51. The standard InChI is InChI=1S/C13H16N2O2/c1-9(2)6-7-12-14-13(17-15-12)10-4-3-5-11(16)8-10/h3-5,8-9,16H,6-7H2,1-2H3. The summed E-state index contributed by atoms with van der Waals surface area (Å²) in [4.78, 5) is 4.30. The molecule has 0 atom stereocenters. The molecule has 0 radical (unpaired) electrons. The molecule has 2 aromatic rings. The summed E-state index contributed by atoms with van der Waals surface area (Å²) in [5, 5.41) is 13.3. The van der Waals surface area contributed by atoms with E-state index in [0.29, 0.717) is 11.8 Å². The molecule has 1 aromatic heterocycles. The zero-order valence-corrected chi connectivity index (χ0v) is 10.1. The van der Waals surface area contributed by atoms with Gasteiger partial charge in [-0.25, -0.2) is 0 Å². The minimum atomic E-state index is 0.199. The van der Waals surface area contributed by atoms with Crippen molar-refractivity contribution in [2.75, 3.05) is 0 Å². The fourth-order valence-electron chi connectivity index (χ4n) is 1.53. The van der Waals surface area contributed by atoms with E-state index in [2.05, 4.69) is 24.0 Å². The van der Waals surface area contributed by atoms with Crippen LogP contribution >= 0.6 is 0 Å². The molecule has 4 nitrogen and oxygen atoms in total. The van der Waals surface area contributed by atoms with E-state index in [9.17, 15) is 5.11 Å². The number of aromatic hydroxyl groups is 1. The van der Waals surface area contributed by atoms with E-state index >= 15 is 0 Å². The van der Waals surface area contributed by atoms with Gasteiger partial charge in [-0.2, -0.15) is 4.98 Å². The van der Waals surface area contributed by atoms with Gasteiger partial charge in [0.05, 0.1) is 0 Å². The maximum absolute atomic E-state index is 9.37. The molecular formula is C13H16N2O2. The van der Waals surface area contributed by atoms with Crippen molar-refractivity contribution < 1.29 is 9.63 Å². The van der Waals surface area contributed by atoms with E-state index in [-0.39, 0.29) is 5.75 Å². The molecule has 0 amide bonds. The molecule has 0 unspecified atom stereocenters. The van der Waals surface area contributed by atoms with Gasteiger partial charge in [-0.3, -0.25) is 0 Å². The van der Waals surface area contributed by atoms with Gasteiger partial charge in [0.25, 0.3) is 5.89 Å². The van der Waals surface area contributed by atoms with Crippen molar-refractivity contribution in [1.82, 2.24) is 10.1 Å². The van der Waals surface area contributed by atoms with Crippen molar-refractivity contribution in [2.45, 2.75) is 26.7 Å². The molecule has 0 aliphatic heterocycles. The van der Waals surface area contributed by atoms with Crippen molar-refractivity contribution >= 4 is 0 Å². The van der Waals surface area contributed by atoms with Gasteiger partial charge >= 0.3 is 0 Å². The van der Waals surface area contributed by atoms with Crippen LogP contribution in [0.5, 0.6) is 5.75 Å². The number of benzene rings is 1. The number of nitrogens with zero attached hydrogens (tertiary/aromatic N) is 2. The maximum Gasteiger partial charge on any atom is 0.258 e. The summed E-state index contributed by atoms with van der Waals surface area (Å²) >= 11 is 0. The number of rotatable bonds is 4. The van der Waals surface area contributed by atoms with E-state index < -0.39 is 0 Å². The summed E-state index contributed by atoms with van der Waals surface area (Å²) < 4.78 is 5.17. The van der Waals surface area contributed by atoms with E-state index in [1.54, 1.807) is 18.2 Å². The van der Waals surface area contributed by atoms with Gasteiger partial charge in [0.1, 0.15) is 5.75 Å². The molecule has 0 saturated carbocycles. The molecule has 0 fully saturated rings. The molecule has 0 aliphatic rings. The van der Waals surface area contributed by atoms with Gasteiger partial charge in [0.15, 0.2) is 5.82 Å². The number of hydrogen-bond acceptors (Lipinski definition) is 4. The highest BCUT2D eigenvalue weighted by Crippen LogP contribution is 2.21. The van der Waals surface area contributed by atoms with Crippen LogP contribution in [-0.4, -0.2) is 15.2 Å². The lowest BCUT2D eigenvalue weighted by atomic mass is 10.1. The molecule has 2 rings (SSSR count). The first-order chi connectivity index (χ1) is 8.15. The molecule has 0 bridgehead atoms.